The third-order valence-corrected chi connectivity index (χ3v) is 5.61. The molecule has 3 N–H and O–H groups in total. The molecule has 0 saturated heterocycles. The number of rotatable bonds is 10. The summed E-state index contributed by atoms with van der Waals surface area (Å²) in [6, 6.07) is 9.11. The zero-order chi connectivity index (χ0) is 21.6. The van der Waals surface area contributed by atoms with Gasteiger partial charge in [-0.25, -0.2) is 4.39 Å². The summed E-state index contributed by atoms with van der Waals surface area (Å²) in [6.07, 6.45) is -1.91. The molecule has 2 rings (SSSR count). The number of hydrogen-bond donors (Lipinski definition) is 3. The second-order valence-corrected chi connectivity index (χ2v) is 8.33. The largest absolute Gasteiger partial charge is 0.512 e. The Kier molecular flexibility index (Phi) is 8.41. The Morgan fingerprint density at radius 2 is 1.93 bits per heavy atom. The average Bonchev–Trinajstić information content (AvgIpc) is 2.61. The fraction of sp³-hybridized carbons (Fsp3) is 0.381. The van der Waals surface area contributed by atoms with Gasteiger partial charge in [-0.2, -0.15) is 0 Å². The molecule has 29 heavy (non-hydrogen) atoms. The summed E-state index contributed by atoms with van der Waals surface area (Å²) in [5, 5.41) is 21.2. The summed E-state index contributed by atoms with van der Waals surface area (Å²) in [6.45, 7) is 6.15. The van der Waals surface area contributed by atoms with Crippen LogP contribution in [0.1, 0.15) is 28.7 Å². The molecule has 6 nitrogen and oxygen atoms in total. The molecule has 0 aliphatic carbocycles. The number of benzene rings is 2. The first kappa shape index (κ1) is 23.1. The maximum atomic E-state index is 13.7. The molecule has 0 spiro atoms. The van der Waals surface area contributed by atoms with Gasteiger partial charge in [-0.1, -0.05) is 23.8 Å². The topological polar surface area (TPSA) is 95.9 Å². The molecule has 0 saturated carbocycles. The lowest BCUT2D eigenvalue weighted by Gasteiger charge is -2.15. The highest BCUT2D eigenvalue weighted by atomic mass is 31.1. The van der Waals surface area contributed by atoms with E-state index < -0.39 is 26.5 Å². The molecule has 0 heterocycles. The Balaban J connectivity index is 2.03. The van der Waals surface area contributed by atoms with Gasteiger partial charge >= 0.3 is 14.0 Å². The molecule has 0 aromatic heterocycles. The Hall–Kier alpha value is -2.18. The molecular weight excluding hydrogens is 396 g/mol. The molecule has 2 aromatic rings. The second kappa shape index (κ2) is 10.6. The molecule has 8 heteroatoms. The molecule has 0 amide bonds. The van der Waals surface area contributed by atoms with E-state index in [1.54, 1.807) is 13.0 Å². The Labute approximate surface area is 170 Å². The van der Waals surface area contributed by atoms with Crippen molar-refractivity contribution in [1.29, 1.82) is 0 Å². The average molecular weight is 422 g/mol. The maximum Gasteiger partial charge on any atom is 0.512 e. The van der Waals surface area contributed by atoms with E-state index in [0.717, 1.165) is 27.8 Å². The lowest BCUT2D eigenvalue weighted by atomic mass is 9.93. The standard InChI is InChI=1S/C21H25FNO5P/c1-13-6-14(2)19(18(7-13)16-4-5-20(22)15(3)8-16)10-23-12-28-29(27)11-17(24)9-21(25)26/h4-8,17,23-24H,9-12H2,1-3H3/p+1/t17-/m0/s1. The van der Waals surface area contributed by atoms with Gasteiger partial charge in [0.25, 0.3) is 0 Å². The smallest absolute Gasteiger partial charge is 0.481 e. The number of aliphatic carboxylic acids is 1. The number of carboxylic acids is 1. The molecule has 156 valence electrons. The zero-order valence-electron chi connectivity index (χ0n) is 16.7. The van der Waals surface area contributed by atoms with Crippen LogP contribution in [-0.2, 0) is 20.4 Å². The highest BCUT2D eigenvalue weighted by Gasteiger charge is 2.25. The third kappa shape index (κ3) is 6.98. The molecule has 2 aromatic carbocycles. The number of nitrogens with one attached hydrogen (secondary N) is 1. The minimum atomic E-state index is -2.17. The monoisotopic (exact) mass is 422 g/mol. The lowest BCUT2D eigenvalue weighted by Crippen LogP contribution is -2.19. The number of aliphatic hydroxyl groups excluding tert-OH is 1. The number of halogens is 1. The van der Waals surface area contributed by atoms with Gasteiger partial charge in [0, 0.05) is 6.54 Å². The van der Waals surface area contributed by atoms with E-state index >= 15 is 0 Å². The summed E-state index contributed by atoms with van der Waals surface area (Å²) in [7, 11) is -2.17. The van der Waals surface area contributed by atoms with Gasteiger partial charge in [0.1, 0.15) is 11.9 Å². The molecule has 0 bridgehead atoms. The summed E-state index contributed by atoms with van der Waals surface area (Å²) < 4.78 is 30.6. The van der Waals surface area contributed by atoms with E-state index in [-0.39, 0.29) is 18.7 Å². The van der Waals surface area contributed by atoms with Gasteiger partial charge < -0.3 is 10.2 Å². The van der Waals surface area contributed by atoms with Crippen molar-refractivity contribution in [3.63, 3.8) is 0 Å². The van der Waals surface area contributed by atoms with Gasteiger partial charge in [0.05, 0.1) is 6.42 Å². The fourth-order valence-electron chi connectivity index (χ4n) is 3.09. The Morgan fingerprint density at radius 3 is 2.59 bits per heavy atom. The summed E-state index contributed by atoms with van der Waals surface area (Å²) >= 11 is 0. The van der Waals surface area contributed by atoms with Crippen molar-refractivity contribution in [2.75, 3.05) is 12.9 Å². The number of aliphatic hydroxyl groups is 1. The maximum absolute atomic E-state index is 13.7. The predicted molar refractivity (Wildman–Crippen MR) is 110 cm³/mol. The van der Waals surface area contributed by atoms with E-state index in [1.165, 1.54) is 6.07 Å². The van der Waals surface area contributed by atoms with Gasteiger partial charge in [0.15, 0.2) is 6.73 Å². The van der Waals surface area contributed by atoms with Crippen molar-refractivity contribution in [3.8, 4) is 11.1 Å². The summed E-state index contributed by atoms with van der Waals surface area (Å²) in [5.41, 5.74) is 5.65. The van der Waals surface area contributed by atoms with Crippen molar-refractivity contribution in [1.82, 2.24) is 5.32 Å². The summed E-state index contributed by atoms with van der Waals surface area (Å²) in [5.74, 6) is -1.41. The van der Waals surface area contributed by atoms with E-state index in [1.807, 2.05) is 26.0 Å². The van der Waals surface area contributed by atoms with Crippen LogP contribution in [-0.4, -0.2) is 35.2 Å². The highest BCUT2D eigenvalue weighted by Crippen LogP contribution is 2.29. The normalized spacial score (nSPS) is 12.7. The molecule has 0 radical (unpaired) electrons. The van der Waals surface area contributed by atoms with Gasteiger partial charge in [-0.05, 0) is 65.3 Å². The lowest BCUT2D eigenvalue weighted by molar-refractivity contribution is -0.138. The first-order chi connectivity index (χ1) is 13.7. The van der Waals surface area contributed by atoms with Gasteiger partial charge in [0.2, 0.25) is 6.16 Å². The molecular formula is C21H26FNO5P+. The number of aryl methyl sites for hydroxylation is 3. The van der Waals surface area contributed by atoms with Crippen molar-refractivity contribution in [2.24, 2.45) is 0 Å². The molecule has 1 unspecified atom stereocenters. The van der Waals surface area contributed by atoms with Crippen molar-refractivity contribution < 1.29 is 28.5 Å². The highest BCUT2D eigenvalue weighted by molar-refractivity contribution is 7.39. The minimum Gasteiger partial charge on any atom is -0.481 e. The zero-order valence-corrected chi connectivity index (χ0v) is 17.6. The van der Waals surface area contributed by atoms with Gasteiger partial charge in [-0.15, -0.1) is 4.52 Å². The van der Waals surface area contributed by atoms with E-state index in [4.69, 9.17) is 9.63 Å². The van der Waals surface area contributed by atoms with E-state index in [0.29, 0.717) is 12.1 Å². The van der Waals surface area contributed by atoms with Crippen LogP contribution in [0.15, 0.2) is 30.3 Å². The number of carboxylic acid groups (broad SMARTS) is 1. The predicted octanol–water partition coefficient (Wildman–Crippen LogP) is 4.06. The second-order valence-electron chi connectivity index (χ2n) is 7.04. The SMILES string of the molecule is Cc1cc(C)c(CNCO[P+](=O)C[C@@H](O)CC(=O)O)c(-c2ccc(F)c(C)c2)c1. The van der Waals surface area contributed by atoms with Crippen molar-refractivity contribution in [2.45, 2.75) is 39.8 Å². The van der Waals surface area contributed by atoms with Crippen molar-refractivity contribution in [3.05, 3.63) is 58.4 Å². The number of hydrogen-bond acceptors (Lipinski definition) is 5. The molecule has 0 aliphatic rings. The van der Waals surface area contributed by atoms with Crippen molar-refractivity contribution >= 4 is 14.0 Å². The third-order valence-electron chi connectivity index (χ3n) is 4.47. The van der Waals surface area contributed by atoms with Crippen LogP contribution in [0.25, 0.3) is 11.1 Å². The van der Waals surface area contributed by atoms with Crippen LogP contribution in [0, 0.1) is 26.6 Å². The van der Waals surface area contributed by atoms with Crippen LogP contribution in [0.5, 0.6) is 0 Å². The van der Waals surface area contributed by atoms with Crippen LogP contribution in [0.4, 0.5) is 4.39 Å². The Morgan fingerprint density at radius 1 is 1.21 bits per heavy atom. The van der Waals surface area contributed by atoms with E-state index in [2.05, 4.69) is 11.4 Å². The first-order valence-electron chi connectivity index (χ1n) is 9.22. The Bertz CT molecular complexity index is 903. The van der Waals surface area contributed by atoms with Crippen LogP contribution >= 0.6 is 8.03 Å². The van der Waals surface area contributed by atoms with Crippen LogP contribution in [0.3, 0.4) is 0 Å². The quantitative estimate of drug-likeness (QED) is 0.304. The summed E-state index contributed by atoms with van der Waals surface area (Å²) in [4.78, 5) is 10.5. The fourth-order valence-corrected chi connectivity index (χ4v) is 3.90. The van der Waals surface area contributed by atoms with Gasteiger partial charge in [-0.3, -0.25) is 10.1 Å². The number of carbonyl (C=O) groups is 1. The van der Waals surface area contributed by atoms with Crippen LogP contribution < -0.4 is 5.32 Å². The van der Waals surface area contributed by atoms with E-state index in [9.17, 15) is 18.9 Å². The molecule has 0 fully saturated rings. The minimum absolute atomic E-state index is 0.00973. The van der Waals surface area contributed by atoms with Crippen LogP contribution in [0.2, 0.25) is 0 Å². The first-order valence-corrected chi connectivity index (χ1v) is 10.6. The molecule has 2 atom stereocenters. The molecule has 0 aliphatic heterocycles.